The van der Waals surface area contributed by atoms with Gasteiger partial charge in [0.05, 0.1) is 17.9 Å². The standard InChI is InChI=1S/C24H25N3O/c1-3-15-27-24(20-10-6-4-7-11-20)22-17-26(16-14-23(22)25-27)19(2)18-28-21-12-8-5-9-13-21/h3-13H,1-2,14-18H2. The molecule has 4 rings (SSSR count). The molecule has 0 spiro atoms. The SMILES string of the molecule is C=CCn1nc2c(c1-c1ccccc1)CN(C(=C)COc1ccccc1)CC2. The van der Waals surface area contributed by atoms with Gasteiger partial charge in [-0.2, -0.15) is 5.10 Å². The van der Waals surface area contributed by atoms with Crippen LogP contribution in [-0.2, 0) is 19.5 Å². The van der Waals surface area contributed by atoms with Gasteiger partial charge in [0, 0.05) is 36.3 Å². The van der Waals surface area contributed by atoms with Crippen LogP contribution in [0.3, 0.4) is 0 Å². The monoisotopic (exact) mass is 371 g/mol. The topological polar surface area (TPSA) is 30.3 Å². The second-order valence-electron chi connectivity index (χ2n) is 6.95. The second kappa shape index (κ2) is 8.17. The lowest BCUT2D eigenvalue weighted by Gasteiger charge is -2.30. The van der Waals surface area contributed by atoms with Crippen molar-refractivity contribution in [2.45, 2.75) is 19.5 Å². The molecule has 1 aliphatic rings. The molecule has 0 saturated heterocycles. The number of fused-ring (bicyclic) bond motifs is 1. The van der Waals surface area contributed by atoms with Crippen molar-refractivity contribution in [2.75, 3.05) is 13.2 Å². The number of nitrogens with zero attached hydrogens (tertiary/aromatic N) is 3. The summed E-state index contributed by atoms with van der Waals surface area (Å²) in [5.74, 6) is 0.866. The maximum absolute atomic E-state index is 5.89. The van der Waals surface area contributed by atoms with E-state index in [0.717, 1.165) is 31.0 Å². The summed E-state index contributed by atoms with van der Waals surface area (Å²) >= 11 is 0. The molecule has 1 aliphatic heterocycles. The van der Waals surface area contributed by atoms with Gasteiger partial charge in [-0.05, 0) is 12.1 Å². The van der Waals surface area contributed by atoms with E-state index in [9.17, 15) is 0 Å². The van der Waals surface area contributed by atoms with Gasteiger partial charge in [0.2, 0.25) is 0 Å². The predicted octanol–water partition coefficient (Wildman–Crippen LogP) is 4.69. The first kappa shape index (κ1) is 18.1. The van der Waals surface area contributed by atoms with Crippen molar-refractivity contribution in [1.29, 1.82) is 0 Å². The Hall–Kier alpha value is -3.27. The third-order valence-electron chi connectivity index (χ3n) is 5.05. The largest absolute Gasteiger partial charge is 0.487 e. The Kier molecular flexibility index (Phi) is 5.29. The van der Waals surface area contributed by atoms with Crippen molar-refractivity contribution in [1.82, 2.24) is 14.7 Å². The van der Waals surface area contributed by atoms with Crippen LogP contribution in [0.4, 0.5) is 0 Å². The van der Waals surface area contributed by atoms with E-state index in [-0.39, 0.29) is 0 Å². The van der Waals surface area contributed by atoms with Crippen molar-refractivity contribution in [3.63, 3.8) is 0 Å². The van der Waals surface area contributed by atoms with Crippen LogP contribution in [0.2, 0.25) is 0 Å². The number of hydrogen-bond acceptors (Lipinski definition) is 3. The lowest BCUT2D eigenvalue weighted by Crippen LogP contribution is -2.31. The minimum absolute atomic E-state index is 0.487. The molecule has 2 aromatic carbocycles. The number of rotatable bonds is 7. The van der Waals surface area contributed by atoms with Crippen LogP contribution in [-0.4, -0.2) is 27.8 Å². The van der Waals surface area contributed by atoms with E-state index < -0.39 is 0 Å². The van der Waals surface area contributed by atoms with Crippen molar-refractivity contribution in [3.05, 3.63) is 96.9 Å². The fourth-order valence-corrected chi connectivity index (χ4v) is 3.64. The number of hydrogen-bond donors (Lipinski definition) is 0. The van der Waals surface area contributed by atoms with E-state index in [1.807, 2.05) is 42.5 Å². The summed E-state index contributed by atoms with van der Waals surface area (Å²) in [7, 11) is 0. The highest BCUT2D eigenvalue weighted by Gasteiger charge is 2.25. The van der Waals surface area contributed by atoms with Crippen LogP contribution in [0.5, 0.6) is 5.75 Å². The third kappa shape index (κ3) is 3.72. The summed E-state index contributed by atoms with van der Waals surface area (Å²) in [5, 5.41) is 4.86. The summed E-state index contributed by atoms with van der Waals surface area (Å²) in [6.45, 7) is 11.1. The summed E-state index contributed by atoms with van der Waals surface area (Å²) in [4.78, 5) is 2.30. The molecule has 0 fully saturated rings. The highest BCUT2D eigenvalue weighted by Crippen LogP contribution is 2.31. The fraction of sp³-hybridized carbons (Fsp3) is 0.208. The van der Waals surface area contributed by atoms with E-state index in [1.165, 1.54) is 22.5 Å². The van der Waals surface area contributed by atoms with Crippen molar-refractivity contribution < 1.29 is 4.74 Å². The van der Waals surface area contributed by atoms with Gasteiger partial charge in [-0.3, -0.25) is 4.68 Å². The second-order valence-corrected chi connectivity index (χ2v) is 6.95. The molecule has 0 aliphatic carbocycles. The average Bonchev–Trinajstić information content (AvgIpc) is 3.11. The van der Waals surface area contributed by atoms with Gasteiger partial charge in [0.1, 0.15) is 12.4 Å². The van der Waals surface area contributed by atoms with Crippen LogP contribution >= 0.6 is 0 Å². The average molecular weight is 371 g/mol. The van der Waals surface area contributed by atoms with Crippen LogP contribution in [0.15, 0.2) is 85.6 Å². The molecule has 0 bridgehead atoms. The molecule has 0 N–H and O–H groups in total. The van der Waals surface area contributed by atoms with Gasteiger partial charge < -0.3 is 9.64 Å². The third-order valence-corrected chi connectivity index (χ3v) is 5.05. The lowest BCUT2D eigenvalue weighted by molar-refractivity contribution is 0.254. The van der Waals surface area contributed by atoms with E-state index >= 15 is 0 Å². The number of benzene rings is 2. The molecule has 0 amide bonds. The summed E-state index contributed by atoms with van der Waals surface area (Å²) in [6.07, 6.45) is 2.80. The molecular weight excluding hydrogens is 346 g/mol. The van der Waals surface area contributed by atoms with Crippen LogP contribution in [0, 0.1) is 0 Å². The molecule has 4 heteroatoms. The molecular formula is C24H25N3O. The van der Waals surface area contributed by atoms with Crippen molar-refractivity contribution in [3.8, 4) is 17.0 Å². The Morgan fingerprint density at radius 3 is 2.50 bits per heavy atom. The van der Waals surface area contributed by atoms with Gasteiger partial charge >= 0.3 is 0 Å². The smallest absolute Gasteiger partial charge is 0.127 e. The maximum Gasteiger partial charge on any atom is 0.127 e. The molecule has 2 heterocycles. The summed E-state index contributed by atoms with van der Waals surface area (Å²) in [5.41, 5.74) is 5.81. The normalized spacial score (nSPS) is 13.1. The number of allylic oxidation sites excluding steroid dienone is 1. The molecule has 1 aromatic heterocycles. The zero-order valence-corrected chi connectivity index (χ0v) is 16.1. The van der Waals surface area contributed by atoms with Crippen molar-refractivity contribution in [2.24, 2.45) is 0 Å². The van der Waals surface area contributed by atoms with Crippen LogP contribution in [0.1, 0.15) is 11.3 Å². The van der Waals surface area contributed by atoms with Gasteiger partial charge in [-0.15, -0.1) is 6.58 Å². The highest BCUT2D eigenvalue weighted by atomic mass is 16.5. The first-order valence-electron chi connectivity index (χ1n) is 9.61. The van der Waals surface area contributed by atoms with E-state index in [1.54, 1.807) is 0 Å². The highest BCUT2D eigenvalue weighted by molar-refractivity contribution is 5.65. The first-order valence-corrected chi connectivity index (χ1v) is 9.61. The molecule has 142 valence electrons. The zero-order chi connectivity index (χ0) is 19.3. The van der Waals surface area contributed by atoms with Gasteiger partial charge in [0.25, 0.3) is 0 Å². The Morgan fingerprint density at radius 1 is 1.07 bits per heavy atom. The minimum atomic E-state index is 0.487. The Bertz CT molecular complexity index is 960. The predicted molar refractivity (Wildman–Crippen MR) is 113 cm³/mol. The Labute approximate surface area is 166 Å². The van der Waals surface area contributed by atoms with E-state index in [4.69, 9.17) is 9.84 Å². The Morgan fingerprint density at radius 2 is 1.79 bits per heavy atom. The van der Waals surface area contributed by atoms with Gasteiger partial charge in [0.15, 0.2) is 0 Å². The summed E-state index contributed by atoms with van der Waals surface area (Å²) in [6, 6.07) is 20.3. The number of para-hydroxylation sites is 1. The van der Waals surface area contributed by atoms with Crippen LogP contribution < -0.4 is 4.74 Å². The molecule has 0 radical (unpaired) electrons. The molecule has 4 nitrogen and oxygen atoms in total. The fourth-order valence-electron chi connectivity index (χ4n) is 3.64. The number of aromatic nitrogens is 2. The Balaban J connectivity index is 1.55. The zero-order valence-electron chi connectivity index (χ0n) is 16.1. The van der Waals surface area contributed by atoms with E-state index in [2.05, 4.69) is 47.0 Å². The first-order chi connectivity index (χ1) is 13.8. The van der Waals surface area contributed by atoms with Crippen LogP contribution in [0.25, 0.3) is 11.3 Å². The quantitative estimate of drug-likeness (QED) is 0.565. The minimum Gasteiger partial charge on any atom is -0.487 e. The molecule has 3 aromatic rings. The molecule has 0 atom stereocenters. The molecule has 0 saturated carbocycles. The van der Waals surface area contributed by atoms with Crippen molar-refractivity contribution >= 4 is 0 Å². The van der Waals surface area contributed by atoms with E-state index in [0.29, 0.717) is 13.2 Å². The summed E-state index contributed by atoms with van der Waals surface area (Å²) < 4.78 is 7.96. The molecule has 28 heavy (non-hydrogen) atoms. The molecule has 0 unspecified atom stereocenters. The maximum atomic E-state index is 5.89. The van der Waals surface area contributed by atoms with Gasteiger partial charge in [-0.1, -0.05) is 61.2 Å². The number of ether oxygens (including phenoxy) is 1. The van der Waals surface area contributed by atoms with Gasteiger partial charge in [-0.25, -0.2) is 0 Å². The lowest BCUT2D eigenvalue weighted by atomic mass is 10.0.